The van der Waals surface area contributed by atoms with Gasteiger partial charge in [-0.1, -0.05) is 18.1 Å². The minimum Gasteiger partial charge on any atom is -0.318 e. The monoisotopic (exact) mass is 376 g/mol. The van der Waals surface area contributed by atoms with Crippen LogP contribution in [0.4, 0.5) is 5.69 Å². The first-order valence-electron chi connectivity index (χ1n) is 10.8. The fourth-order valence-corrected chi connectivity index (χ4v) is 6.11. The molecule has 0 saturated heterocycles. The Labute approximate surface area is 166 Å². The van der Waals surface area contributed by atoms with E-state index in [-0.39, 0.29) is 17.2 Å². The van der Waals surface area contributed by atoms with Gasteiger partial charge in [0.25, 0.3) is 0 Å². The predicted octanol–water partition coefficient (Wildman–Crippen LogP) is 3.57. The lowest BCUT2D eigenvalue weighted by Gasteiger charge is -2.52. The Morgan fingerprint density at radius 3 is 2.64 bits per heavy atom. The molecule has 4 aliphatic rings. The first kappa shape index (κ1) is 17.8. The van der Waals surface area contributed by atoms with Crippen LogP contribution in [0.3, 0.4) is 0 Å². The van der Waals surface area contributed by atoms with Crippen LogP contribution in [0.15, 0.2) is 34.5 Å². The zero-order valence-electron chi connectivity index (χ0n) is 16.9. The standard InChI is InChI=1S/C24H28N2O2/c1-15(27)23(16(2)28)18-10-11-20-22(14-18)26-21-9-4-3-7-17(21)13-19-8-5-6-12-24(19,26)25-20/h10-11,14,19H,3-9,12-13H2,1-2H3/t19?,24-/m0/s1. The number of carbonyl (C=O) groups excluding carboxylic acids is 2. The number of rotatable bonds is 2. The first-order valence-corrected chi connectivity index (χ1v) is 10.8. The maximum atomic E-state index is 12.1. The largest absolute Gasteiger partial charge is 0.318 e. The number of hydrogen-bond donors (Lipinski definition) is 0. The maximum Gasteiger partial charge on any atom is 0.163 e. The molecule has 28 heavy (non-hydrogen) atoms. The lowest BCUT2D eigenvalue weighted by molar-refractivity contribution is -0.116. The summed E-state index contributed by atoms with van der Waals surface area (Å²) >= 11 is 0. The van der Waals surface area contributed by atoms with Gasteiger partial charge in [-0.05, 0) is 82.6 Å². The summed E-state index contributed by atoms with van der Waals surface area (Å²) in [6.07, 6.45) is 10.9. The highest BCUT2D eigenvalue weighted by Crippen LogP contribution is 2.53. The molecule has 1 fully saturated rings. The molecule has 1 saturated carbocycles. The second kappa shape index (κ2) is 6.40. The smallest absolute Gasteiger partial charge is 0.163 e. The minimum atomic E-state index is -0.163. The summed E-state index contributed by atoms with van der Waals surface area (Å²) in [5.41, 5.74) is 4.39. The number of ketones is 2. The highest BCUT2D eigenvalue weighted by Gasteiger charge is 2.53. The van der Waals surface area contributed by atoms with E-state index in [4.69, 9.17) is 4.99 Å². The van der Waals surface area contributed by atoms with Gasteiger partial charge in [0.15, 0.2) is 11.6 Å². The Hall–Kier alpha value is -2.23. The number of fused-ring (bicyclic) bond motifs is 3. The molecule has 0 bridgehead atoms. The molecule has 0 radical (unpaired) electrons. The second-order valence-electron chi connectivity index (χ2n) is 8.92. The third kappa shape index (κ3) is 2.46. The van der Waals surface area contributed by atoms with E-state index in [1.165, 1.54) is 64.5 Å². The summed E-state index contributed by atoms with van der Waals surface area (Å²) in [5, 5.41) is 1.77. The van der Waals surface area contributed by atoms with Crippen molar-refractivity contribution in [2.75, 3.05) is 4.90 Å². The van der Waals surface area contributed by atoms with Gasteiger partial charge in [0, 0.05) is 11.6 Å². The van der Waals surface area contributed by atoms with Crippen molar-refractivity contribution in [1.82, 2.24) is 0 Å². The number of anilines is 1. The highest BCUT2D eigenvalue weighted by molar-refractivity contribution is 6.39. The molecular weight excluding hydrogens is 348 g/mol. The zero-order chi connectivity index (χ0) is 19.5. The van der Waals surface area contributed by atoms with Crippen molar-refractivity contribution in [3.05, 3.63) is 40.0 Å². The van der Waals surface area contributed by atoms with Crippen molar-refractivity contribution in [3.8, 4) is 0 Å². The molecule has 0 amide bonds. The molecule has 5 rings (SSSR count). The van der Waals surface area contributed by atoms with E-state index in [2.05, 4.69) is 11.0 Å². The minimum absolute atomic E-state index is 0.137. The van der Waals surface area contributed by atoms with Crippen LogP contribution < -0.4 is 15.5 Å². The van der Waals surface area contributed by atoms with Crippen molar-refractivity contribution in [3.63, 3.8) is 0 Å². The molecule has 4 heteroatoms. The van der Waals surface area contributed by atoms with Crippen LogP contribution in [-0.2, 0) is 9.59 Å². The summed E-state index contributed by atoms with van der Waals surface area (Å²) in [7, 11) is 0. The van der Waals surface area contributed by atoms with Gasteiger partial charge in [0.2, 0.25) is 0 Å². The average molecular weight is 377 g/mol. The average Bonchev–Trinajstić information content (AvgIpc) is 2.99. The fourth-order valence-electron chi connectivity index (χ4n) is 6.11. The topological polar surface area (TPSA) is 49.7 Å². The van der Waals surface area contributed by atoms with Crippen LogP contribution in [0.5, 0.6) is 0 Å². The van der Waals surface area contributed by atoms with Crippen LogP contribution in [0.25, 0.3) is 5.57 Å². The third-order valence-electron chi connectivity index (χ3n) is 7.22. The first-order chi connectivity index (χ1) is 13.5. The summed E-state index contributed by atoms with van der Waals surface area (Å²) in [5.74, 6) is 0.255. The molecule has 1 aromatic carbocycles. The molecule has 146 valence electrons. The Morgan fingerprint density at radius 1 is 1.07 bits per heavy atom. The van der Waals surface area contributed by atoms with Crippen molar-refractivity contribution in [2.24, 2.45) is 10.9 Å². The highest BCUT2D eigenvalue weighted by atomic mass is 16.1. The molecule has 1 aromatic rings. The van der Waals surface area contributed by atoms with E-state index >= 15 is 0 Å². The number of benzene rings is 1. The van der Waals surface area contributed by atoms with Gasteiger partial charge < -0.3 is 4.90 Å². The van der Waals surface area contributed by atoms with Crippen molar-refractivity contribution in [1.29, 1.82) is 0 Å². The zero-order valence-corrected chi connectivity index (χ0v) is 16.9. The number of carbonyl (C=O) groups is 2. The SMILES string of the molecule is CC(=O)C(C(C)=O)=c1ccc2c(c1)N1C3=C(CCCC3)CC3CCCC[C@@]31N=2. The number of allylic oxidation sites excluding steroid dienone is 2. The van der Waals surface area contributed by atoms with Gasteiger partial charge >= 0.3 is 0 Å². The lowest BCUT2D eigenvalue weighted by atomic mass is 9.70. The van der Waals surface area contributed by atoms with Crippen molar-refractivity contribution >= 4 is 22.8 Å². The van der Waals surface area contributed by atoms with Gasteiger partial charge in [-0.2, -0.15) is 0 Å². The molecule has 1 spiro atoms. The van der Waals surface area contributed by atoms with E-state index in [0.29, 0.717) is 11.5 Å². The number of Topliss-reactive ketones (excluding diaryl/α,β-unsaturated/α-hetero) is 2. The molecule has 2 aliphatic carbocycles. The van der Waals surface area contributed by atoms with Crippen LogP contribution in [0, 0.1) is 5.92 Å². The summed E-state index contributed by atoms with van der Waals surface area (Å²) in [6, 6.07) is 5.99. The lowest BCUT2D eigenvalue weighted by Crippen LogP contribution is -2.55. The van der Waals surface area contributed by atoms with Crippen LogP contribution >= 0.6 is 0 Å². The normalized spacial score (nSPS) is 27.9. The van der Waals surface area contributed by atoms with E-state index in [1.807, 2.05) is 12.1 Å². The Morgan fingerprint density at radius 2 is 1.86 bits per heavy atom. The van der Waals surface area contributed by atoms with E-state index in [1.54, 1.807) is 5.57 Å². The Balaban J connectivity index is 1.76. The summed E-state index contributed by atoms with van der Waals surface area (Å²) < 4.78 is 0. The van der Waals surface area contributed by atoms with E-state index < -0.39 is 0 Å². The molecule has 0 N–H and O–H groups in total. The molecule has 2 aliphatic heterocycles. The molecule has 0 aromatic heterocycles. The van der Waals surface area contributed by atoms with Gasteiger partial charge in [-0.3, -0.25) is 14.6 Å². The van der Waals surface area contributed by atoms with E-state index in [9.17, 15) is 9.59 Å². The van der Waals surface area contributed by atoms with Crippen LogP contribution in [0.1, 0.15) is 71.6 Å². The molecule has 2 heterocycles. The molecule has 4 nitrogen and oxygen atoms in total. The predicted molar refractivity (Wildman–Crippen MR) is 109 cm³/mol. The van der Waals surface area contributed by atoms with Gasteiger partial charge in [-0.15, -0.1) is 0 Å². The summed E-state index contributed by atoms with van der Waals surface area (Å²) in [4.78, 5) is 32.1. The third-order valence-corrected chi connectivity index (χ3v) is 7.22. The maximum absolute atomic E-state index is 12.1. The Bertz CT molecular complexity index is 1020. The van der Waals surface area contributed by atoms with Gasteiger partial charge in [0.1, 0.15) is 5.66 Å². The second-order valence-corrected chi connectivity index (χ2v) is 8.92. The molecule has 1 unspecified atom stereocenters. The fraction of sp³-hybridized carbons (Fsp3) is 0.542. The van der Waals surface area contributed by atoms with Gasteiger partial charge in [-0.25, -0.2) is 0 Å². The Kier molecular flexibility index (Phi) is 4.08. The van der Waals surface area contributed by atoms with E-state index in [0.717, 1.165) is 29.1 Å². The van der Waals surface area contributed by atoms with Crippen molar-refractivity contribution in [2.45, 2.75) is 77.3 Å². The number of hydrogen-bond acceptors (Lipinski definition) is 4. The van der Waals surface area contributed by atoms with Crippen LogP contribution in [-0.4, -0.2) is 17.2 Å². The molecule has 2 atom stereocenters. The summed E-state index contributed by atoms with van der Waals surface area (Å²) in [6.45, 7) is 2.96. The van der Waals surface area contributed by atoms with Crippen molar-refractivity contribution < 1.29 is 9.59 Å². The van der Waals surface area contributed by atoms with Crippen LogP contribution in [0.2, 0.25) is 0 Å². The van der Waals surface area contributed by atoms with Gasteiger partial charge in [0.05, 0.1) is 16.6 Å². The molecular formula is C24H28N2O2. The number of nitrogens with zero attached hydrogens (tertiary/aromatic N) is 2. The quantitative estimate of drug-likeness (QED) is 0.742.